The summed E-state index contributed by atoms with van der Waals surface area (Å²) in [7, 11) is 0. The summed E-state index contributed by atoms with van der Waals surface area (Å²) in [5, 5.41) is 0. The Morgan fingerprint density at radius 3 is 1.17 bits per heavy atom. The topological polar surface area (TPSA) is 17.1 Å². The van der Waals surface area contributed by atoms with E-state index in [9.17, 15) is 0 Å². The molecule has 0 rings (SSSR count). The molecule has 0 radical (unpaired) electrons. The van der Waals surface area contributed by atoms with Crippen molar-refractivity contribution < 1.29 is 68.0 Å². The molecule has 0 aromatic rings. The van der Waals surface area contributed by atoms with Crippen molar-refractivity contribution in [3.63, 3.8) is 0 Å². The van der Waals surface area contributed by atoms with E-state index >= 15 is 0 Å². The van der Waals surface area contributed by atoms with Gasteiger partial charge in [0.15, 0.2) is 0 Å². The first kappa shape index (κ1) is 25.2. The van der Waals surface area contributed by atoms with E-state index in [2.05, 4.69) is 0 Å². The number of carbonyl (C=O) groups excluding carboxylic acids is 1. The first-order valence-corrected chi connectivity index (χ1v) is 0.704. The van der Waals surface area contributed by atoms with Crippen molar-refractivity contribution in [1.29, 1.82) is 0 Å². The monoisotopic (exact) mass is 595 g/mol. The van der Waals surface area contributed by atoms with Crippen LogP contribution in [0.4, 0.5) is 0 Å². The van der Waals surface area contributed by atoms with Crippen molar-refractivity contribution in [3.05, 3.63) is 0 Å². The third-order valence-electron chi connectivity index (χ3n) is 0. The van der Waals surface area contributed by atoms with Crippen LogP contribution in [-0.2, 0) is 68.0 Å². The van der Waals surface area contributed by atoms with Crippen LogP contribution >= 0.6 is 0 Å². The first-order valence-electron chi connectivity index (χ1n) is 0.704. The average Bonchev–Trinajstić information content (AvgIpc) is 0.918. The van der Waals surface area contributed by atoms with Crippen LogP contribution in [0.2, 0.25) is 0 Å². The van der Waals surface area contributed by atoms with Gasteiger partial charge in [0.2, 0.25) is 0 Å². The van der Waals surface area contributed by atoms with E-state index in [0.717, 1.165) is 0 Å². The molecule has 0 aromatic heterocycles. The fourth-order valence-electron chi connectivity index (χ4n) is 0. The van der Waals surface area contributed by atoms with Crippen LogP contribution in [-0.4, -0.2) is 6.29 Å². The van der Waals surface area contributed by atoms with Crippen LogP contribution in [0.1, 0.15) is 6.92 Å². The molecule has 0 spiro atoms. The van der Waals surface area contributed by atoms with E-state index in [1.54, 1.807) is 0 Å². The normalized spacial score (nSPS) is 2.17. The smallest absolute Gasteiger partial charge is 0 e. The summed E-state index contributed by atoms with van der Waals surface area (Å²) in [5.74, 6) is 0. The zero-order chi connectivity index (χ0) is 2.71. The average molecular weight is 595 g/mol. The van der Waals surface area contributed by atoms with Crippen molar-refractivity contribution in [2.45, 2.75) is 6.92 Å². The van der Waals surface area contributed by atoms with Crippen molar-refractivity contribution in [2.24, 2.45) is 0 Å². The number of hydrogen-bond acceptors (Lipinski definition) is 1. The molecule has 0 amide bonds. The largest absolute Gasteiger partial charge is 0.542 e. The van der Waals surface area contributed by atoms with Gasteiger partial charge in [0, 0.05) is 63.2 Å². The third-order valence-corrected chi connectivity index (χ3v) is 0. The Balaban J connectivity index is -0.00000000667. The maximum atomic E-state index is 8.68. The zero-order valence-corrected chi connectivity index (χ0v) is 11.9. The van der Waals surface area contributed by atoms with Gasteiger partial charge in [-0.3, -0.25) is 6.29 Å². The summed E-state index contributed by atoms with van der Waals surface area (Å²) in [6, 6.07) is 0. The van der Waals surface area contributed by atoms with Crippen molar-refractivity contribution >= 4 is 6.29 Å². The fourth-order valence-corrected chi connectivity index (χ4v) is 0. The summed E-state index contributed by atoms with van der Waals surface area (Å²) in [5.41, 5.74) is 0. The molecule has 0 aliphatic rings. The summed E-state index contributed by atoms with van der Waals surface area (Å²) in [6.45, 7) is 1.32. The van der Waals surface area contributed by atoms with Crippen LogP contribution in [0, 0.1) is 0 Å². The maximum Gasteiger partial charge on any atom is 0 e. The van der Waals surface area contributed by atoms with Crippen molar-refractivity contribution in [1.82, 2.24) is 0 Å². The van der Waals surface area contributed by atoms with E-state index in [1.165, 1.54) is 13.2 Å². The second-order valence-electron chi connectivity index (χ2n) is 0.204. The van der Waals surface area contributed by atoms with Gasteiger partial charge >= 0.3 is 0 Å². The standard InChI is InChI=1S/C2H3O.3W/c1-2-3;;;/h1H3;;;/q-1;;;. The maximum absolute atomic E-state index is 8.68. The quantitative estimate of drug-likeness (QED) is 0.365. The Morgan fingerprint density at radius 2 is 1.17 bits per heavy atom. The minimum Gasteiger partial charge on any atom is -0.542 e. The van der Waals surface area contributed by atoms with E-state index in [1.807, 2.05) is 0 Å². The second kappa shape index (κ2) is 29.6. The van der Waals surface area contributed by atoms with Gasteiger partial charge in [-0.05, 0) is 0 Å². The molecule has 0 aliphatic carbocycles. The van der Waals surface area contributed by atoms with Gasteiger partial charge < -0.3 is 4.79 Å². The van der Waals surface area contributed by atoms with Crippen LogP contribution in [0.5, 0.6) is 0 Å². The minimum atomic E-state index is 0. The van der Waals surface area contributed by atoms with Crippen LogP contribution in [0.3, 0.4) is 0 Å². The molecule has 0 aromatic carbocycles. The minimum absolute atomic E-state index is 0. The van der Waals surface area contributed by atoms with Crippen LogP contribution in [0.15, 0.2) is 0 Å². The molecule has 0 N–H and O–H groups in total. The van der Waals surface area contributed by atoms with Crippen LogP contribution in [0.25, 0.3) is 0 Å². The van der Waals surface area contributed by atoms with Gasteiger partial charge in [-0.2, -0.15) is 6.92 Å². The molecule has 4 heteroatoms. The Labute approximate surface area is 80.4 Å². The summed E-state index contributed by atoms with van der Waals surface area (Å²) in [4.78, 5) is 8.68. The Hall–Kier alpha value is 1.73. The summed E-state index contributed by atoms with van der Waals surface area (Å²) >= 11 is 0. The van der Waals surface area contributed by atoms with Gasteiger partial charge in [-0.25, -0.2) is 0 Å². The molecule has 0 heterocycles. The number of hydrogen-bond donors (Lipinski definition) is 0. The van der Waals surface area contributed by atoms with E-state index < -0.39 is 0 Å². The molecule has 6 heavy (non-hydrogen) atoms. The van der Waals surface area contributed by atoms with Gasteiger partial charge in [-0.1, -0.05) is 0 Å². The third kappa shape index (κ3) is 42.7. The molecule has 0 bridgehead atoms. The molecule has 1 nitrogen and oxygen atoms in total. The van der Waals surface area contributed by atoms with Crippen molar-refractivity contribution in [2.75, 3.05) is 0 Å². The molecule has 0 saturated carbocycles. The molecule has 0 unspecified atom stereocenters. The predicted molar refractivity (Wildman–Crippen MR) is 11.4 cm³/mol. The predicted octanol–water partition coefficient (Wildman–Crippen LogP) is 0.108. The van der Waals surface area contributed by atoms with E-state index in [4.69, 9.17) is 4.79 Å². The van der Waals surface area contributed by atoms with Gasteiger partial charge in [-0.15, -0.1) is 0 Å². The molecular weight excluding hydrogens is 592 g/mol. The van der Waals surface area contributed by atoms with Gasteiger partial charge in [0.25, 0.3) is 0 Å². The summed E-state index contributed by atoms with van der Waals surface area (Å²) in [6.07, 6.45) is 1.50. The molecule has 36 valence electrons. The Morgan fingerprint density at radius 1 is 1.17 bits per heavy atom. The Kier molecular flexibility index (Phi) is 124. The first-order chi connectivity index (χ1) is 1.41. The Bertz CT molecular complexity index is 16.3. The molecule has 0 aliphatic heterocycles. The second-order valence-corrected chi connectivity index (χ2v) is 0.204. The fraction of sp³-hybridized carbons (Fsp3) is 0.500. The van der Waals surface area contributed by atoms with E-state index in [0.29, 0.717) is 0 Å². The molecular formula is C2H3OW3-. The summed E-state index contributed by atoms with van der Waals surface area (Å²) < 4.78 is 0. The molecule has 0 atom stereocenters. The zero-order valence-electron chi connectivity index (χ0n) is 3.13. The molecule has 0 saturated heterocycles. The SMILES string of the molecule is C[C-]=O.[W].[W].[W]. The van der Waals surface area contributed by atoms with Crippen molar-refractivity contribution in [3.8, 4) is 0 Å². The van der Waals surface area contributed by atoms with Gasteiger partial charge in [0.1, 0.15) is 0 Å². The van der Waals surface area contributed by atoms with E-state index in [-0.39, 0.29) is 63.2 Å². The van der Waals surface area contributed by atoms with Crippen LogP contribution < -0.4 is 0 Å². The van der Waals surface area contributed by atoms with Gasteiger partial charge in [0.05, 0.1) is 0 Å². The number of rotatable bonds is 0. The molecule has 0 fully saturated rings.